The molecule has 39 heavy (non-hydrogen) atoms. The molecule has 1 aromatic carbocycles. The third kappa shape index (κ3) is 7.06. The molecule has 0 saturated carbocycles. The molecule has 3 aliphatic rings. The Balaban J connectivity index is 1.45. The quantitative estimate of drug-likeness (QED) is 0.542. The van der Waals surface area contributed by atoms with Crippen LogP contribution in [0.25, 0.3) is 6.08 Å². The van der Waals surface area contributed by atoms with E-state index in [-0.39, 0.29) is 28.8 Å². The van der Waals surface area contributed by atoms with Gasteiger partial charge < -0.3 is 19.4 Å². The van der Waals surface area contributed by atoms with E-state index in [1.165, 1.54) is 12.1 Å². The van der Waals surface area contributed by atoms with Gasteiger partial charge in [0.1, 0.15) is 5.60 Å². The van der Waals surface area contributed by atoms with Crippen LogP contribution < -0.4 is 10.2 Å². The number of imide groups is 1. The fraction of sp³-hybridized carbons (Fsp3) is 0.538. The number of alkyl halides is 3. The van der Waals surface area contributed by atoms with Crippen LogP contribution in [0.15, 0.2) is 23.1 Å². The number of anilines is 1. The molecule has 1 aromatic rings. The highest BCUT2D eigenvalue weighted by atomic mass is 32.2. The summed E-state index contributed by atoms with van der Waals surface area (Å²) < 4.78 is 45.7. The monoisotopic (exact) mass is 568 g/mol. The Hall–Kier alpha value is -3.22. The summed E-state index contributed by atoms with van der Waals surface area (Å²) in [6.45, 7) is 7.62. The molecule has 1 unspecified atom stereocenters. The van der Waals surface area contributed by atoms with Gasteiger partial charge in [0, 0.05) is 45.0 Å². The third-order valence-corrected chi connectivity index (χ3v) is 7.45. The van der Waals surface area contributed by atoms with E-state index in [1.807, 2.05) is 4.90 Å². The van der Waals surface area contributed by atoms with Gasteiger partial charge in [-0.3, -0.25) is 19.7 Å². The molecule has 3 fully saturated rings. The number of nitrogens with one attached hydrogen (secondary N) is 1. The Bertz CT molecular complexity index is 1190. The highest BCUT2D eigenvalue weighted by Gasteiger charge is 2.35. The van der Waals surface area contributed by atoms with Crippen LogP contribution in [0.2, 0.25) is 0 Å². The molecule has 13 heteroatoms. The number of carbonyl (C=O) groups excluding carboxylic acids is 4. The van der Waals surface area contributed by atoms with Gasteiger partial charge in [-0.2, -0.15) is 13.2 Å². The Morgan fingerprint density at radius 2 is 1.74 bits per heavy atom. The molecule has 0 aromatic heterocycles. The number of thioether (sulfide) groups is 1. The maximum Gasteiger partial charge on any atom is 0.416 e. The number of nitrogens with zero attached hydrogens (tertiary/aromatic N) is 3. The molecule has 4 amide bonds. The first kappa shape index (κ1) is 28.8. The van der Waals surface area contributed by atoms with E-state index in [9.17, 15) is 32.3 Å². The Kier molecular flexibility index (Phi) is 8.20. The van der Waals surface area contributed by atoms with Crippen LogP contribution in [0, 0.1) is 5.92 Å². The first-order chi connectivity index (χ1) is 18.2. The van der Waals surface area contributed by atoms with Crippen LogP contribution in [-0.2, 0) is 20.5 Å². The zero-order valence-corrected chi connectivity index (χ0v) is 22.8. The van der Waals surface area contributed by atoms with Crippen molar-refractivity contribution in [2.45, 2.75) is 45.4 Å². The van der Waals surface area contributed by atoms with E-state index < -0.39 is 34.6 Å². The highest BCUT2D eigenvalue weighted by Crippen LogP contribution is 2.36. The first-order valence-electron chi connectivity index (χ1n) is 12.7. The molecule has 3 heterocycles. The summed E-state index contributed by atoms with van der Waals surface area (Å²) in [4.78, 5) is 54.5. The first-order valence-corrected chi connectivity index (χ1v) is 13.5. The third-order valence-electron chi connectivity index (χ3n) is 6.64. The number of piperidine rings is 1. The van der Waals surface area contributed by atoms with Crippen molar-refractivity contribution in [3.8, 4) is 0 Å². The van der Waals surface area contributed by atoms with Gasteiger partial charge in [-0.15, -0.1) is 0 Å². The molecule has 3 saturated heterocycles. The number of likely N-dealkylation sites (tertiary alicyclic amines) is 1. The highest BCUT2D eigenvalue weighted by molar-refractivity contribution is 8.18. The average molecular weight is 569 g/mol. The van der Waals surface area contributed by atoms with Crippen LogP contribution in [0.4, 0.5) is 28.4 Å². The molecule has 0 spiro atoms. The van der Waals surface area contributed by atoms with Gasteiger partial charge >= 0.3 is 12.3 Å². The van der Waals surface area contributed by atoms with Crippen molar-refractivity contribution in [3.05, 3.63) is 34.2 Å². The van der Waals surface area contributed by atoms with E-state index in [2.05, 4.69) is 5.32 Å². The lowest BCUT2D eigenvalue weighted by atomic mass is 9.96. The van der Waals surface area contributed by atoms with E-state index in [1.54, 1.807) is 30.6 Å². The van der Waals surface area contributed by atoms with Crippen LogP contribution in [0.3, 0.4) is 0 Å². The lowest BCUT2D eigenvalue weighted by Gasteiger charge is -2.40. The zero-order chi connectivity index (χ0) is 28.5. The van der Waals surface area contributed by atoms with Crippen molar-refractivity contribution in [2.75, 3.05) is 44.2 Å². The summed E-state index contributed by atoms with van der Waals surface area (Å²) in [5.74, 6) is -1.06. The van der Waals surface area contributed by atoms with Gasteiger partial charge in [-0.25, -0.2) is 4.79 Å². The van der Waals surface area contributed by atoms with Crippen LogP contribution >= 0.6 is 11.8 Å². The van der Waals surface area contributed by atoms with Crippen molar-refractivity contribution < 1.29 is 37.1 Å². The molecule has 3 aliphatic heterocycles. The van der Waals surface area contributed by atoms with Crippen LogP contribution in [0.5, 0.6) is 0 Å². The molecule has 9 nitrogen and oxygen atoms in total. The Labute approximate surface area is 228 Å². The zero-order valence-electron chi connectivity index (χ0n) is 22.0. The molecule has 0 bridgehead atoms. The van der Waals surface area contributed by atoms with Crippen molar-refractivity contribution in [1.82, 2.24) is 15.1 Å². The minimum atomic E-state index is -4.58. The fourth-order valence-electron chi connectivity index (χ4n) is 4.79. The summed E-state index contributed by atoms with van der Waals surface area (Å²) in [7, 11) is 0. The molecule has 4 rings (SSSR count). The number of hydrogen-bond acceptors (Lipinski definition) is 7. The van der Waals surface area contributed by atoms with Gasteiger partial charge in [0.2, 0.25) is 5.91 Å². The number of piperazine rings is 1. The van der Waals surface area contributed by atoms with E-state index in [0.29, 0.717) is 63.0 Å². The predicted molar refractivity (Wildman–Crippen MR) is 140 cm³/mol. The second-order valence-corrected chi connectivity index (χ2v) is 11.7. The standard InChI is InChI=1S/C26H31F3N4O5S/c1-25(2,3)38-24(37)33-8-4-5-16(15-33)22(35)32-11-9-31(10-12-32)19-7-6-18(26(27,28)29)13-17(19)14-20-21(34)30-23(36)39-20/h6-7,13-14,16H,4-5,8-12,15H2,1-3H3,(H,30,34,36). The molecule has 0 radical (unpaired) electrons. The van der Waals surface area contributed by atoms with Crippen molar-refractivity contribution in [1.29, 1.82) is 0 Å². The molecule has 0 aliphatic carbocycles. The molecule has 212 valence electrons. The largest absolute Gasteiger partial charge is 0.444 e. The van der Waals surface area contributed by atoms with Gasteiger partial charge in [0.25, 0.3) is 11.1 Å². The topological polar surface area (TPSA) is 99.3 Å². The van der Waals surface area contributed by atoms with Crippen LogP contribution in [0.1, 0.15) is 44.7 Å². The Morgan fingerprint density at radius 1 is 1.05 bits per heavy atom. The maximum absolute atomic E-state index is 13.4. The number of carbonyl (C=O) groups is 4. The molecular weight excluding hydrogens is 537 g/mol. The number of amides is 4. The summed E-state index contributed by atoms with van der Waals surface area (Å²) in [5, 5.41) is 1.52. The minimum absolute atomic E-state index is 0.0150. The van der Waals surface area contributed by atoms with Gasteiger partial charge in [-0.1, -0.05) is 0 Å². The second kappa shape index (κ2) is 11.1. The van der Waals surface area contributed by atoms with Crippen LogP contribution in [-0.4, -0.2) is 77.8 Å². The van der Waals surface area contributed by atoms with Crippen molar-refractivity contribution >= 4 is 46.7 Å². The summed E-state index contributed by atoms with van der Waals surface area (Å²) in [5.41, 5.74) is -0.859. The minimum Gasteiger partial charge on any atom is -0.444 e. The summed E-state index contributed by atoms with van der Waals surface area (Å²) in [6.07, 6.45) is -2.38. The van der Waals surface area contributed by atoms with Crippen molar-refractivity contribution in [3.63, 3.8) is 0 Å². The summed E-state index contributed by atoms with van der Waals surface area (Å²) in [6, 6.07) is 3.30. The fourth-order valence-corrected chi connectivity index (χ4v) is 5.47. The second-order valence-electron chi connectivity index (χ2n) is 10.7. The van der Waals surface area contributed by atoms with Gasteiger partial charge in [-0.05, 0) is 75.2 Å². The molecule has 1 atom stereocenters. The van der Waals surface area contributed by atoms with Gasteiger partial charge in [0.15, 0.2) is 0 Å². The van der Waals surface area contributed by atoms with E-state index in [4.69, 9.17) is 4.74 Å². The average Bonchev–Trinajstić information content (AvgIpc) is 3.18. The predicted octanol–water partition coefficient (Wildman–Crippen LogP) is 4.33. The normalized spacial score (nSPS) is 21.8. The van der Waals surface area contributed by atoms with E-state index in [0.717, 1.165) is 12.1 Å². The molecular formula is C26H31F3N4O5S. The maximum atomic E-state index is 13.4. The lowest BCUT2D eigenvalue weighted by Crippen LogP contribution is -2.53. The molecule has 1 N–H and O–H groups in total. The number of hydrogen-bond donors (Lipinski definition) is 1. The van der Waals surface area contributed by atoms with Crippen molar-refractivity contribution in [2.24, 2.45) is 5.92 Å². The number of benzene rings is 1. The smallest absolute Gasteiger partial charge is 0.416 e. The lowest BCUT2D eigenvalue weighted by molar-refractivity contribution is -0.138. The van der Waals surface area contributed by atoms with E-state index >= 15 is 0 Å². The number of halogens is 3. The summed E-state index contributed by atoms with van der Waals surface area (Å²) >= 11 is 0.634. The Morgan fingerprint density at radius 3 is 2.33 bits per heavy atom. The number of ether oxygens (including phenoxy) is 1. The SMILES string of the molecule is CC(C)(C)OC(=O)N1CCCC(C(=O)N2CCN(c3ccc(C(F)(F)F)cc3C=C3SC(=O)NC3=O)CC2)C1. The number of rotatable bonds is 3. The van der Waals surface area contributed by atoms with Gasteiger partial charge in [0.05, 0.1) is 16.4 Å².